The smallest absolute Gasteiger partial charge is 0.278 e. The highest BCUT2D eigenvalue weighted by molar-refractivity contribution is 7.09. The standard InChI is InChI=1S/C13H11N3O2S/c1-9-14-10(8-19-9)7-15-6-5-11-12(15)3-2-4-13(11)16(17)18/h2-6,8H,7H2,1H3. The highest BCUT2D eigenvalue weighted by Crippen LogP contribution is 2.26. The Hall–Kier alpha value is -2.21. The number of rotatable bonds is 3. The number of fused-ring (bicyclic) bond motifs is 1. The first-order chi connectivity index (χ1) is 9.15. The van der Waals surface area contributed by atoms with Crippen LogP contribution in [0.1, 0.15) is 10.7 Å². The molecule has 0 saturated carbocycles. The van der Waals surface area contributed by atoms with Crippen molar-refractivity contribution in [3.05, 3.63) is 56.7 Å². The Morgan fingerprint density at radius 1 is 1.42 bits per heavy atom. The van der Waals surface area contributed by atoms with Gasteiger partial charge in [-0.25, -0.2) is 4.98 Å². The van der Waals surface area contributed by atoms with Crippen LogP contribution >= 0.6 is 11.3 Å². The maximum Gasteiger partial charge on any atom is 0.278 e. The molecule has 0 aliphatic carbocycles. The van der Waals surface area contributed by atoms with Gasteiger partial charge in [-0.05, 0) is 19.1 Å². The molecule has 0 saturated heterocycles. The zero-order valence-corrected chi connectivity index (χ0v) is 11.1. The second kappa shape index (κ2) is 4.47. The fraction of sp³-hybridized carbons (Fsp3) is 0.154. The van der Waals surface area contributed by atoms with Gasteiger partial charge in [-0.2, -0.15) is 0 Å². The molecule has 0 aliphatic rings. The zero-order valence-electron chi connectivity index (χ0n) is 10.2. The van der Waals surface area contributed by atoms with Crippen LogP contribution in [0.15, 0.2) is 35.8 Å². The number of nitro groups is 1. The Morgan fingerprint density at radius 3 is 2.95 bits per heavy atom. The number of aromatic nitrogens is 2. The molecule has 3 aromatic rings. The quantitative estimate of drug-likeness (QED) is 0.543. The molecule has 19 heavy (non-hydrogen) atoms. The van der Waals surface area contributed by atoms with Gasteiger partial charge in [0.25, 0.3) is 5.69 Å². The molecule has 1 aromatic carbocycles. The normalized spacial score (nSPS) is 11.0. The molecule has 0 bridgehead atoms. The lowest BCUT2D eigenvalue weighted by Gasteiger charge is -2.02. The molecule has 0 atom stereocenters. The van der Waals surface area contributed by atoms with Crippen LogP contribution in [0.25, 0.3) is 10.9 Å². The molecule has 96 valence electrons. The van der Waals surface area contributed by atoms with Crippen molar-refractivity contribution in [2.75, 3.05) is 0 Å². The average Bonchev–Trinajstić information content (AvgIpc) is 2.97. The Kier molecular flexibility index (Phi) is 2.79. The van der Waals surface area contributed by atoms with Gasteiger partial charge in [0, 0.05) is 17.6 Å². The third-order valence-corrected chi connectivity index (χ3v) is 3.81. The average molecular weight is 273 g/mol. The van der Waals surface area contributed by atoms with Crippen molar-refractivity contribution in [2.45, 2.75) is 13.5 Å². The van der Waals surface area contributed by atoms with Crippen LogP contribution in [-0.4, -0.2) is 14.5 Å². The minimum absolute atomic E-state index is 0.144. The van der Waals surface area contributed by atoms with Crippen LogP contribution in [0, 0.1) is 17.0 Å². The number of benzene rings is 1. The molecule has 2 aromatic heterocycles. The van der Waals surface area contributed by atoms with E-state index in [4.69, 9.17) is 0 Å². The lowest BCUT2D eigenvalue weighted by molar-refractivity contribution is -0.383. The van der Waals surface area contributed by atoms with E-state index in [0.717, 1.165) is 16.2 Å². The Bertz CT molecular complexity index is 760. The minimum atomic E-state index is -0.348. The van der Waals surface area contributed by atoms with E-state index in [-0.39, 0.29) is 10.6 Å². The maximum absolute atomic E-state index is 11.0. The van der Waals surface area contributed by atoms with Crippen LogP contribution < -0.4 is 0 Å². The van der Waals surface area contributed by atoms with E-state index in [2.05, 4.69) is 4.98 Å². The highest BCUT2D eigenvalue weighted by atomic mass is 32.1. The van der Waals surface area contributed by atoms with Crippen LogP contribution in [-0.2, 0) is 6.54 Å². The zero-order chi connectivity index (χ0) is 13.4. The third-order valence-electron chi connectivity index (χ3n) is 2.99. The minimum Gasteiger partial charge on any atom is -0.341 e. The SMILES string of the molecule is Cc1nc(Cn2ccc3c([N+](=O)[O-])cccc32)cs1. The topological polar surface area (TPSA) is 61.0 Å². The second-order valence-corrected chi connectivity index (χ2v) is 5.33. The first kappa shape index (κ1) is 11.9. The number of hydrogen-bond donors (Lipinski definition) is 0. The summed E-state index contributed by atoms with van der Waals surface area (Å²) in [5.74, 6) is 0. The van der Waals surface area contributed by atoms with Crippen LogP contribution in [0.3, 0.4) is 0 Å². The molecular weight excluding hydrogens is 262 g/mol. The summed E-state index contributed by atoms with van der Waals surface area (Å²) < 4.78 is 1.98. The summed E-state index contributed by atoms with van der Waals surface area (Å²) in [7, 11) is 0. The highest BCUT2D eigenvalue weighted by Gasteiger charge is 2.14. The summed E-state index contributed by atoms with van der Waals surface area (Å²) in [5, 5.41) is 14.7. The molecular formula is C13H11N3O2S. The molecule has 2 heterocycles. The van der Waals surface area contributed by atoms with E-state index in [1.807, 2.05) is 29.1 Å². The van der Waals surface area contributed by atoms with Gasteiger partial charge in [-0.15, -0.1) is 11.3 Å². The van der Waals surface area contributed by atoms with E-state index in [0.29, 0.717) is 11.9 Å². The third kappa shape index (κ3) is 2.10. The predicted octanol–water partition coefficient (Wildman–Crippen LogP) is 3.36. The summed E-state index contributed by atoms with van der Waals surface area (Å²) in [6.45, 7) is 2.60. The Morgan fingerprint density at radius 2 is 2.26 bits per heavy atom. The summed E-state index contributed by atoms with van der Waals surface area (Å²) >= 11 is 1.61. The second-order valence-electron chi connectivity index (χ2n) is 4.27. The van der Waals surface area contributed by atoms with Crippen LogP contribution in [0.5, 0.6) is 0 Å². The van der Waals surface area contributed by atoms with Gasteiger partial charge in [-0.1, -0.05) is 6.07 Å². The molecule has 0 radical (unpaired) electrons. The first-order valence-corrected chi connectivity index (χ1v) is 6.66. The fourth-order valence-corrected chi connectivity index (χ4v) is 2.76. The molecule has 0 spiro atoms. The van der Waals surface area contributed by atoms with E-state index >= 15 is 0 Å². The Balaban J connectivity index is 2.06. The summed E-state index contributed by atoms with van der Waals surface area (Å²) in [5.41, 5.74) is 1.98. The van der Waals surface area contributed by atoms with Gasteiger partial charge in [0.2, 0.25) is 0 Å². The molecule has 6 heteroatoms. The molecule has 5 nitrogen and oxygen atoms in total. The van der Waals surface area contributed by atoms with Crippen molar-refractivity contribution in [3.63, 3.8) is 0 Å². The predicted molar refractivity (Wildman–Crippen MR) is 74.5 cm³/mol. The molecule has 0 N–H and O–H groups in total. The van der Waals surface area contributed by atoms with E-state index in [1.54, 1.807) is 23.5 Å². The van der Waals surface area contributed by atoms with Crippen molar-refractivity contribution < 1.29 is 4.92 Å². The van der Waals surface area contributed by atoms with Gasteiger partial charge in [-0.3, -0.25) is 10.1 Å². The van der Waals surface area contributed by atoms with Crippen molar-refractivity contribution in [2.24, 2.45) is 0 Å². The molecule has 0 amide bonds. The van der Waals surface area contributed by atoms with E-state index in [1.165, 1.54) is 6.07 Å². The monoisotopic (exact) mass is 273 g/mol. The van der Waals surface area contributed by atoms with Gasteiger partial charge < -0.3 is 4.57 Å². The number of hydrogen-bond acceptors (Lipinski definition) is 4. The van der Waals surface area contributed by atoms with Gasteiger partial charge in [0.1, 0.15) is 0 Å². The van der Waals surface area contributed by atoms with Gasteiger partial charge in [0.15, 0.2) is 0 Å². The van der Waals surface area contributed by atoms with Gasteiger partial charge in [0.05, 0.1) is 33.1 Å². The summed E-state index contributed by atoms with van der Waals surface area (Å²) in [4.78, 5) is 15.0. The largest absolute Gasteiger partial charge is 0.341 e. The number of nitro benzene ring substituents is 1. The van der Waals surface area contributed by atoms with Crippen molar-refractivity contribution in [3.8, 4) is 0 Å². The first-order valence-electron chi connectivity index (χ1n) is 5.78. The van der Waals surface area contributed by atoms with Crippen molar-refractivity contribution >= 4 is 27.9 Å². The fourth-order valence-electron chi connectivity index (χ4n) is 2.16. The lowest BCUT2D eigenvalue weighted by Crippen LogP contribution is -1.98. The number of aryl methyl sites for hydroxylation is 1. The Labute approximate surface area is 113 Å². The van der Waals surface area contributed by atoms with Crippen LogP contribution in [0.4, 0.5) is 5.69 Å². The summed E-state index contributed by atoms with van der Waals surface area (Å²) in [6, 6.07) is 6.91. The maximum atomic E-state index is 11.0. The lowest BCUT2D eigenvalue weighted by atomic mass is 10.2. The van der Waals surface area contributed by atoms with Gasteiger partial charge >= 0.3 is 0 Å². The van der Waals surface area contributed by atoms with Crippen molar-refractivity contribution in [1.29, 1.82) is 0 Å². The van der Waals surface area contributed by atoms with E-state index < -0.39 is 0 Å². The number of thiazole rings is 1. The number of nitrogens with zero attached hydrogens (tertiary/aromatic N) is 3. The molecule has 0 aliphatic heterocycles. The van der Waals surface area contributed by atoms with E-state index in [9.17, 15) is 10.1 Å². The number of non-ortho nitro benzene ring substituents is 1. The molecule has 0 unspecified atom stereocenters. The summed E-state index contributed by atoms with van der Waals surface area (Å²) in [6.07, 6.45) is 1.87. The molecule has 0 fully saturated rings. The van der Waals surface area contributed by atoms with Crippen LogP contribution in [0.2, 0.25) is 0 Å². The van der Waals surface area contributed by atoms with Crippen molar-refractivity contribution in [1.82, 2.24) is 9.55 Å². The molecule has 3 rings (SSSR count).